The molecule has 3 heterocycles. The first-order valence-electron chi connectivity index (χ1n) is 12.7. The molecule has 1 aliphatic rings. The lowest BCUT2D eigenvalue weighted by atomic mass is 10.1. The van der Waals surface area contributed by atoms with Gasteiger partial charge < -0.3 is 11.1 Å². The Morgan fingerprint density at radius 3 is 2.63 bits per heavy atom. The first-order chi connectivity index (χ1) is 18.2. The van der Waals surface area contributed by atoms with Crippen molar-refractivity contribution in [2.24, 2.45) is 5.73 Å². The highest BCUT2D eigenvalue weighted by molar-refractivity contribution is 7.90. The Morgan fingerprint density at radius 1 is 1.11 bits per heavy atom. The molecule has 0 bridgehead atoms. The molecule has 0 fully saturated rings. The number of amides is 1. The molecule has 0 unspecified atom stereocenters. The number of aryl methyl sites for hydroxylation is 1. The predicted molar refractivity (Wildman–Crippen MR) is 149 cm³/mol. The quantitative estimate of drug-likeness (QED) is 0.339. The van der Waals surface area contributed by atoms with Gasteiger partial charge in [0.1, 0.15) is 15.7 Å². The highest BCUT2D eigenvalue weighted by Crippen LogP contribution is 2.30. The number of hydrogen-bond acceptors (Lipinski definition) is 7. The van der Waals surface area contributed by atoms with Gasteiger partial charge >= 0.3 is 0 Å². The van der Waals surface area contributed by atoms with Crippen LogP contribution in [0.5, 0.6) is 0 Å². The summed E-state index contributed by atoms with van der Waals surface area (Å²) in [4.78, 5) is 24.3. The van der Waals surface area contributed by atoms with Gasteiger partial charge in [-0.15, -0.1) is 0 Å². The maximum Gasteiger partial charge on any atom is 0.249 e. The minimum Gasteiger partial charge on any atom is -0.366 e. The SMILES string of the molecule is Cc1cc2c(C(N)=O)cccc2n1-c1nc2c(c(NCc3ccccc3)n1)CN(CCCS(C)(=O)=O)CC2. The first-order valence-corrected chi connectivity index (χ1v) is 14.7. The largest absolute Gasteiger partial charge is 0.366 e. The van der Waals surface area contributed by atoms with Gasteiger partial charge in [0.05, 0.1) is 17.0 Å². The molecule has 4 aromatic rings. The van der Waals surface area contributed by atoms with Gasteiger partial charge in [-0.3, -0.25) is 14.3 Å². The fourth-order valence-corrected chi connectivity index (χ4v) is 5.72. The zero-order valence-corrected chi connectivity index (χ0v) is 22.5. The van der Waals surface area contributed by atoms with Crippen LogP contribution in [-0.4, -0.2) is 58.9 Å². The van der Waals surface area contributed by atoms with Crippen molar-refractivity contribution in [1.29, 1.82) is 0 Å². The minimum absolute atomic E-state index is 0.179. The third-order valence-electron chi connectivity index (χ3n) is 6.92. The third kappa shape index (κ3) is 5.56. The molecule has 3 N–H and O–H groups in total. The number of sulfone groups is 1. The Hall–Kier alpha value is -3.76. The molecule has 0 spiro atoms. The molecule has 198 valence electrons. The number of nitrogens with two attached hydrogens (primary N) is 1. The molecule has 0 saturated heterocycles. The van der Waals surface area contributed by atoms with Gasteiger partial charge in [0, 0.05) is 54.5 Å². The number of aromatic nitrogens is 3. The zero-order valence-electron chi connectivity index (χ0n) is 21.6. The Bertz CT molecular complexity index is 1600. The van der Waals surface area contributed by atoms with Crippen LogP contribution < -0.4 is 11.1 Å². The van der Waals surface area contributed by atoms with E-state index >= 15 is 0 Å². The number of carbonyl (C=O) groups is 1. The molecule has 10 heteroatoms. The van der Waals surface area contributed by atoms with Crippen LogP contribution in [-0.2, 0) is 29.3 Å². The summed E-state index contributed by atoms with van der Waals surface area (Å²) in [7, 11) is -2.99. The number of carbonyl (C=O) groups excluding carboxylic acids is 1. The van der Waals surface area contributed by atoms with Crippen molar-refractivity contribution < 1.29 is 13.2 Å². The normalized spacial score (nSPS) is 13.9. The number of primary amides is 1. The number of benzene rings is 2. The molecule has 0 aliphatic carbocycles. The van der Waals surface area contributed by atoms with E-state index < -0.39 is 15.7 Å². The van der Waals surface area contributed by atoms with E-state index in [9.17, 15) is 13.2 Å². The zero-order chi connectivity index (χ0) is 26.9. The summed E-state index contributed by atoms with van der Waals surface area (Å²) >= 11 is 0. The molecule has 0 radical (unpaired) electrons. The number of anilines is 1. The van der Waals surface area contributed by atoms with E-state index in [2.05, 4.69) is 22.3 Å². The molecule has 5 rings (SSSR count). The van der Waals surface area contributed by atoms with Crippen LogP contribution in [0.3, 0.4) is 0 Å². The van der Waals surface area contributed by atoms with Crippen LogP contribution in [0.15, 0.2) is 54.6 Å². The molecular weight excluding hydrogens is 500 g/mol. The van der Waals surface area contributed by atoms with Gasteiger partial charge in [-0.25, -0.2) is 13.4 Å². The van der Waals surface area contributed by atoms with E-state index in [1.807, 2.05) is 47.9 Å². The Labute approximate surface area is 222 Å². The van der Waals surface area contributed by atoms with Crippen LogP contribution in [0.1, 0.15) is 39.3 Å². The Morgan fingerprint density at radius 2 is 1.89 bits per heavy atom. The number of fused-ring (bicyclic) bond motifs is 2. The van der Waals surface area contributed by atoms with Gasteiger partial charge in [0.2, 0.25) is 11.9 Å². The lowest BCUT2D eigenvalue weighted by Crippen LogP contribution is -2.34. The fourth-order valence-electron chi connectivity index (χ4n) is 5.07. The van der Waals surface area contributed by atoms with Crippen LogP contribution in [0.2, 0.25) is 0 Å². The van der Waals surface area contributed by atoms with Crippen molar-refractivity contribution in [3.63, 3.8) is 0 Å². The second kappa shape index (κ2) is 10.5. The van der Waals surface area contributed by atoms with Crippen molar-refractivity contribution in [2.75, 3.05) is 30.4 Å². The van der Waals surface area contributed by atoms with Crippen molar-refractivity contribution in [3.05, 3.63) is 82.7 Å². The van der Waals surface area contributed by atoms with Crippen molar-refractivity contribution in [3.8, 4) is 5.95 Å². The first kappa shape index (κ1) is 25.9. The maximum absolute atomic E-state index is 12.0. The van der Waals surface area contributed by atoms with Crippen molar-refractivity contribution in [2.45, 2.75) is 32.9 Å². The second-order valence-corrected chi connectivity index (χ2v) is 12.1. The number of rotatable bonds is 9. The van der Waals surface area contributed by atoms with Crippen LogP contribution in [0, 0.1) is 6.92 Å². The molecule has 2 aromatic carbocycles. The monoisotopic (exact) mass is 532 g/mol. The molecular formula is C28H32N6O3S. The second-order valence-electron chi connectivity index (χ2n) is 9.87. The third-order valence-corrected chi connectivity index (χ3v) is 7.95. The summed E-state index contributed by atoms with van der Waals surface area (Å²) in [5, 5.41) is 4.30. The number of nitrogens with one attached hydrogen (secondary N) is 1. The van der Waals surface area contributed by atoms with Crippen LogP contribution in [0.4, 0.5) is 5.82 Å². The molecule has 0 atom stereocenters. The average Bonchev–Trinajstić information content (AvgIpc) is 3.22. The summed E-state index contributed by atoms with van der Waals surface area (Å²) in [5.41, 5.74) is 11.0. The maximum atomic E-state index is 12.0. The van der Waals surface area contributed by atoms with Gasteiger partial charge in [-0.2, -0.15) is 4.98 Å². The molecule has 0 saturated carbocycles. The van der Waals surface area contributed by atoms with E-state index in [0.717, 1.165) is 52.2 Å². The van der Waals surface area contributed by atoms with Crippen LogP contribution in [0.25, 0.3) is 16.9 Å². The number of nitrogens with zero attached hydrogens (tertiary/aromatic N) is 4. The average molecular weight is 533 g/mol. The molecule has 1 aliphatic heterocycles. The lowest BCUT2D eigenvalue weighted by molar-refractivity contribution is 0.100. The van der Waals surface area contributed by atoms with Gasteiger partial charge in [0.15, 0.2) is 0 Å². The highest BCUT2D eigenvalue weighted by Gasteiger charge is 2.24. The molecule has 1 amide bonds. The van der Waals surface area contributed by atoms with Gasteiger partial charge in [-0.1, -0.05) is 36.4 Å². The van der Waals surface area contributed by atoms with E-state index in [4.69, 9.17) is 15.7 Å². The number of hydrogen-bond donors (Lipinski definition) is 2. The van der Waals surface area contributed by atoms with Crippen molar-refractivity contribution >= 4 is 32.5 Å². The van der Waals surface area contributed by atoms with E-state index in [1.54, 1.807) is 6.07 Å². The van der Waals surface area contributed by atoms with Gasteiger partial charge in [0.25, 0.3) is 0 Å². The van der Waals surface area contributed by atoms with Gasteiger partial charge in [-0.05, 0) is 43.7 Å². The molecule has 2 aromatic heterocycles. The van der Waals surface area contributed by atoms with Crippen LogP contribution >= 0.6 is 0 Å². The standard InChI is InChI=1S/C28H32N6O3S/c1-19-16-22-21(26(29)35)10-6-11-25(22)34(19)28-31-24-12-14-33(13-7-15-38(2,36)37)18-23(24)27(32-28)30-17-20-8-4-3-5-9-20/h3-6,8-11,16H,7,12-15,17-18H2,1-2H3,(H2,29,35)(H,30,31,32). The van der Waals surface area contributed by atoms with E-state index in [0.29, 0.717) is 37.6 Å². The molecule has 9 nitrogen and oxygen atoms in total. The van der Waals surface area contributed by atoms with E-state index in [-0.39, 0.29) is 5.75 Å². The minimum atomic E-state index is -2.99. The fraction of sp³-hybridized carbons (Fsp3) is 0.321. The summed E-state index contributed by atoms with van der Waals surface area (Å²) in [5.74, 6) is 1.01. The summed E-state index contributed by atoms with van der Waals surface area (Å²) in [6, 6.07) is 17.6. The van der Waals surface area contributed by atoms with E-state index in [1.165, 1.54) is 6.26 Å². The Balaban J connectivity index is 1.53. The summed E-state index contributed by atoms with van der Waals surface area (Å²) in [6.07, 6.45) is 2.60. The smallest absolute Gasteiger partial charge is 0.249 e. The highest BCUT2D eigenvalue weighted by atomic mass is 32.2. The summed E-state index contributed by atoms with van der Waals surface area (Å²) in [6.45, 7) is 4.71. The molecule has 38 heavy (non-hydrogen) atoms. The topological polar surface area (TPSA) is 123 Å². The summed E-state index contributed by atoms with van der Waals surface area (Å²) < 4.78 is 25.2. The lowest BCUT2D eigenvalue weighted by Gasteiger charge is -2.30. The van der Waals surface area contributed by atoms with Crippen molar-refractivity contribution in [1.82, 2.24) is 19.4 Å². The Kier molecular flexibility index (Phi) is 7.18. The predicted octanol–water partition coefficient (Wildman–Crippen LogP) is 3.23.